The summed E-state index contributed by atoms with van der Waals surface area (Å²) < 4.78 is 33.1. The predicted octanol–water partition coefficient (Wildman–Crippen LogP) is 4.31. The van der Waals surface area contributed by atoms with Crippen LogP contribution in [0.2, 0.25) is 0 Å². The number of primary amides is 1. The number of hydrogen-bond acceptors (Lipinski definition) is 3. The topological polar surface area (TPSA) is 99.3 Å². The molecule has 3 aromatic rings. The Morgan fingerprint density at radius 3 is 2.54 bits per heavy atom. The molecule has 7 heteroatoms. The highest BCUT2D eigenvalue weighted by molar-refractivity contribution is 8.24. The first-order valence-corrected chi connectivity index (χ1v) is 10.2. The van der Waals surface area contributed by atoms with Gasteiger partial charge in [0, 0.05) is 29.0 Å². The third kappa shape index (κ3) is 2.98. The van der Waals surface area contributed by atoms with Crippen LogP contribution in [0, 0.1) is 5.82 Å². The van der Waals surface area contributed by atoms with Gasteiger partial charge in [0.1, 0.15) is 5.82 Å². The van der Waals surface area contributed by atoms with E-state index in [1.165, 1.54) is 12.1 Å². The lowest BCUT2D eigenvalue weighted by Gasteiger charge is -2.26. The monoisotopic (exact) mass is 374 g/mol. The predicted molar refractivity (Wildman–Crippen MR) is 102 cm³/mol. The maximum atomic E-state index is 13.2. The Kier molecular flexibility index (Phi) is 4.02. The molecular weight excluding hydrogens is 355 g/mol. The van der Waals surface area contributed by atoms with Crippen molar-refractivity contribution in [2.45, 2.75) is 12.3 Å². The van der Waals surface area contributed by atoms with E-state index in [0.29, 0.717) is 29.0 Å². The molecule has 1 fully saturated rings. The highest BCUT2D eigenvalue weighted by Crippen LogP contribution is 2.52. The minimum Gasteiger partial charge on any atom is -0.366 e. The summed E-state index contributed by atoms with van der Waals surface area (Å²) in [5, 5.41) is 0.836. The van der Waals surface area contributed by atoms with Gasteiger partial charge in [0.05, 0.1) is 11.1 Å². The fourth-order valence-electron chi connectivity index (χ4n) is 3.66. The summed E-state index contributed by atoms with van der Waals surface area (Å²) >= 11 is 0. The molecule has 2 heterocycles. The Morgan fingerprint density at radius 2 is 1.92 bits per heavy atom. The second-order valence-corrected chi connectivity index (χ2v) is 9.07. The lowest BCUT2D eigenvalue weighted by molar-refractivity contribution is 0.100. The average molecular weight is 374 g/mol. The molecule has 2 aromatic carbocycles. The summed E-state index contributed by atoms with van der Waals surface area (Å²) in [7, 11) is -2.53. The van der Waals surface area contributed by atoms with E-state index in [2.05, 4.69) is 4.98 Å². The van der Waals surface area contributed by atoms with Crippen LogP contribution in [0.25, 0.3) is 22.0 Å². The molecule has 0 radical (unpaired) electrons. The highest BCUT2D eigenvalue weighted by atomic mass is 32.3. The molecule has 5 N–H and O–H groups in total. The van der Waals surface area contributed by atoms with Crippen molar-refractivity contribution < 1.29 is 18.3 Å². The van der Waals surface area contributed by atoms with Crippen molar-refractivity contribution in [3.05, 3.63) is 59.5 Å². The van der Waals surface area contributed by atoms with E-state index in [1.807, 2.05) is 12.3 Å². The summed E-state index contributed by atoms with van der Waals surface area (Å²) in [6.45, 7) is 0. The zero-order valence-electron chi connectivity index (χ0n) is 13.9. The molecule has 0 saturated carbocycles. The van der Waals surface area contributed by atoms with Crippen molar-refractivity contribution >= 4 is 27.4 Å². The number of halogens is 1. The summed E-state index contributed by atoms with van der Waals surface area (Å²) in [4.78, 5) is 15.1. The zero-order chi connectivity index (χ0) is 18.5. The Labute approximate surface area is 151 Å². The molecule has 1 aliphatic heterocycles. The van der Waals surface area contributed by atoms with Crippen LogP contribution < -0.4 is 5.73 Å². The maximum Gasteiger partial charge on any atom is 0.250 e. The van der Waals surface area contributed by atoms with Crippen LogP contribution in [0.4, 0.5) is 4.39 Å². The number of H-pyrrole nitrogens is 1. The summed E-state index contributed by atoms with van der Waals surface area (Å²) in [5.41, 5.74) is 9.05. The third-order valence-electron chi connectivity index (χ3n) is 4.97. The smallest absolute Gasteiger partial charge is 0.250 e. The number of nitrogens with two attached hydrogens (primary N) is 1. The van der Waals surface area contributed by atoms with Crippen LogP contribution in [0.15, 0.2) is 42.6 Å². The van der Waals surface area contributed by atoms with Crippen LogP contribution in [0.1, 0.15) is 28.3 Å². The van der Waals surface area contributed by atoms with Crippen LogP contribution in [-0.2, 0) is 0 Å². The molecule has 136 valence electrons. The fourth-order valence-corrected chi connectivity index (χ4v) is 5.48. The minimum absolute atomic E-state index is 0.0120. The summed E-state index contributed by atoms with van der Waals surface area (Å²) in [5.74, 6) is -0.151. The molecule has 0 unspecified atom stereocenters. The molecule has 1 aliphatic rings. The first-order chi connectivity index (χ1) is 12.3. The van der Waals surface area contributed by atoms with Crippen LogP contribution in [0.3, 0.4) is 0 Å². The summed E-state index contributed by atoms with van der Waals surface area (Å²) in [6, 6.07) is 9.67. The second-order valence-electron chi connectivity index (χ2n) is 6.72. The van der Waals surface area contributed by atoms with Crippen molar-refractivity contribution in [3.8, 4) is 11.1 Å². The first kappa shape index (κ1) is 17.1. The number of fused-ring (bicyclic) bond motifs is 1. The van der Waals surface area contributed by atoms with Gasteiger partial charge in [-0.15, -0.1) is 0 Å². The molecule has 0 spiro atoms. The van der Waals surface area contributed by atoms with Gasteiger partial charge in [-0.25, -0.2) is 4.39 Å². The van der Waals surface area contributed by atoms with E-state index >= 15 is 0 Å². The summed E-state index contributed by atoms with van der Waals surface area (Å²) in [6.07, 6.45) is 2.50. The van der Waals surface area contributed by atoms with E-state index in [9.17, 15) is 18.3 Å². The van der Waals surface area contributed by atoms with Crippen molar-refractivity contribution in [1.82, 2.24) is 4.98 Å². The van der Waals surface area contributed by atoms with Gasteiger partial charge in [-0.2, -0.15) is 10.6 Å². The van der Waals surface area contributed by atoms with Gasteiger partial charge in [0.15, 0.2) is 0 Å². The van der Waals surface area contributed by atoms with Crippen molar-refractivity contribution in [2.24, 2.45) is 5.73 Å². The average Bonchev–Trinajstić information content (AvgIpc) is 3.17. The van der Waals surface area contributed by atoms with E-state index < -0.39 is 16.5 Å². The minimum atomic E-state index is -2.53. The highest BCUT2D eigenvalue weighted by Gasteiger charge is 2.31. The van der Waals surface area contributed by atoms with Gasteiger partial charge in [0.25, 0.3) is 5.91 Å². The van der Waals surface area contributed by atoms with Gasteiger partial charge >= 0.3 is 0 Å². The Balaban J connectivity index is 1.88. The Bertz CT molecular complexity index is 998. The number of benzene rings is 2. The molecule has 0 bridgehead atoms. The van der Waals surface area contributed by atoms with Gasteiger partial charge in [-0.1, -0.05) is 12.1 Å². The normalized spacial score (nSPS) is 20.3. The maximum absolute atomic E-state index is 13.2. The standard InChI is InChI=1S/C19H19FN2O3S/c20-14-3-1-11(2-4-14)13-7-15-17(12-5-6-26(24,25)10-12)9-22-18(15)16(8-13)19(21)23/h1-4,7-9,12,22,24-25H,5-6,10H2,(H2,21,23)/t12-/m1/s1. The van der Waals surface area contributed by atoms with Crippen molar-refractivity contribution in [2.75, 3.05) is 11.5 Å². The lowest BCUT2D eigenvalue weighted by Crippen LogP contribution is -2.11. The van der Waals surface area contributed by atoms with E-state index in [4.69, 9.17) is 5.73 Å². The van der Waals surface area contributed by atoms with Gasteiger partial charge in [0.2, 0.25) is 0 Å². The largest absolute Gasteiger partial charge is 0.366 e. The molecule has 1 saturated heterocycles. The molecule has 1 atom stereocenters. The second kappa shape index (κ2) is 6.12. The van der Waals surface area contributed by atoms with Crippen LogP contribution in [-0.4, -0.2) is 31.5 Å². The number of carbonyl (C=O) groups excluding carboxylic acids is 1. The molecule has 1 aromatic heterocycles. The SMILES string of the molecule is NC(=O)c1cc(-c2ccc(F)cc2)cc2c([C@@H]3CCS(O)(O)C3)c[nH]c12. The first-order valence-electron chi connectivity index (χ1n) is 8.28. The number of carbonyl (C=O) groups is 1. The quantitative estimate of drug-likeness (QED) is 0.550. The lowest BCUT2D eigenvalue weighted by atomic mass is 9.94. The third-order valence-corrected chi connectivity index (χ3v) is 6.79. The number of rotatable bonds is 3. The molecule has 1 amide bonds. The van der Waals surface area contributed by atoms with Gasteiger partial charge in [-0.05, 0) is 47.4 Å². The van der Waals surface area contributed by atoms with Crippen LogP contribution in [0.5, 0.6) is 0 Å². The van der Waals surface area contributed by atoms with Crippen molar-refractivity contribution in [1.29, 1.82) is 0 Å². The van der Waals surface area contributed by atoms with E-state index in [-0.39, 0.29) is 11.7 Å². The molecule has 0 aliphatic carbocycles. The molecule has 5 nitrogen and oxygen atoms in total. The number of aromatic nitrogens is 1. The van der Waals surface area contributed by atoms with Crippen molar-refractivity contribution in [3.63, 3.8) is 0 Å². The molecular formula is C19H19FN2O3S. The Morgan fingerprint density at radius 1 is 1.19 bits per heavy atom. The Hall–Kier alpha value is -2.35. The number of hydrogen-bond donors (Lipinski definition) is 4. The van der Waals surface area contributed by atoms with Crippen LogP contribution >= 0.6 is 10.6 Å². The fraction of sp³-hybridized carbons (Fsp3) is 0.211. The van der Waals surface area contributed by atoms with Gasteiger partial charge in [-0.3, -0.25) is 13.9 Å². The molecule has 4 rings (SSSR count). The van der Waals surface area contributed by atoms with E-state index in [0.717, 1.165) is 22.1 Å². The molecule has 26 heavy (non-hydrogen) atoms. The van der Waals surface area contributed by atoms with E-state index in [1.54, 1.807) is 18.2 Å². The number of nitrogens with one attached hydrogen (secondary N) is 1. The zero-order valence-corrected chi connectivity index (χ0v) is 14.7. The van der Waals surface area contributed by atoms with Gasteiger partial charge < -0.3 is 10.7 Å². The number of amides is 1. The number of aromatic amines is 1.